The molecule has 0 radical (unpaired) electrons. The van der Waals surface area contributed by atoms with Crippen LogP contribution < -0.4 is 5.32 Å². The van der Waals surface area contributed by atoms with Crippen molar-refractivity contribution in [3.05, 3.63) is 41.2 Å². The van der Waals surface area contributed by atoms with Gasteiger partial charge in [-0.2, -0.15) is 0 Å². The number of nitrogens with one attached hydrogen (secondary N) is 1. The van der Waals surface area contributed by atoms with Crippen LogP contribution in [-0.2, 0) is 0 Å². The predicted molar refractivity (Wildman–Crippen MR) is 87.8 cm³/mol. The van der Waals surface area contributed by atoms with Crippen LogP contribution in [0.3, 0.4) is 0 Å². The topological polar surface area (TPSA) is 42.0 Å². The average molecular weight is 305 g/mol. The maximum atomic E-state index is 12.3. The van der Waals surface area contributed by atoms with Crippen LogP contribution in [0.25, 0.3) is 10.8 Å². The lowest BCUT2D eigenvalue weighted by atomic mass is 10.1. The van der Waals surface area contributed by atoms with E-state index in [2.05, 4.69) is 24.1 Å². The standard InChI is InChI=1S/C17H21ClN2O/c1-12(2)7-5-6-10-19-17(21)15-11-20-16(18)14-9-4-3-8-13(14)15/h3-4,8-9,11-12H,5-7,10H2,1-2H3,(H,19,21). The number of nitrogens with zero attached hydrogens (tertiary/aromatic N) is 1. The lowest BCUT2D eigenvalue weighted by Gasteiger charge is -2.09. The smallest absolute Gasteiger partial charge is 0.253 e. The Balaban J connectivity index is 2.02. The molecular formula is C17H21ClN2O. The largest absolute Gasteiger partial charge is 0.352 e. The van der Waals surface area contributed by atoms with E-state index in [-0.39, 0.29) is 5.91 Å². The van der Waals surface area contributed by atoms with Gasteiger partial charge in [0.2, 0.25) is 0 Å². The number of carbonyl (C=O) groups is 1. The second-order valence-electron chi connectivity index (χ2n) is 5.65. The Morgan fingerprint density at radius 3 is 2.67 bits per heavy atom. The van der Waals surface area contributed by atoms with Crippen molar-refractivity contribution in [3.63, 3.8) is 0 Å². The summed E-state index contributed by atoms with van der Waals surface area (Å²) in [6.45, 7) is 5.12. The number of rotatable bonds is 6. The summed E-state index contributed by atoms with van der Waals surface area (Å²) in [6.07, 6.45) is 4.88. The molecule has 1 aromatic heterocycles. The summed E-state index contributed by atoms with van der Waals surface area (Å²) in [7, 11) is 0. The van der Waals surface area contributed by atoms with Crippen LogP contribution in [0, 0.1) is 5.92 Å². The van der Waals surface area contributed by atoms with E-state index in [1.165, 1.54) is 6.42 Å². The van der Waals surface area contributed by atoms with Crippen molar-refractivity contribution in [3.8, 4) is 0 Å². The molecule has 2 rings (SSSR count). The summed E-state index contributed by atoms with van der Waals surface area (Å²) < 4.78 is 0. The van der Waals surface area contributed by atoms with Crippen LogP contribution >= 0.6 is 11.6 Å². The summed E-state index contributed by atoms with van der Waals surface area (Å²) >= 11 is 6.07. The van der Waals surface area contributed by atoms with Crippen molar-refractivity contribution in [2.24, 2.45) is 5.92 Å². The van der Waals surface area contributed by atoms with Gasteiger partial charge in [0.05, 0.1) is 5.56 Å². The van der Waals surface area contributed by atoms with Gasteiger partial charge in [0.25, 0.3) is 5.91 Å². The fraction of sp³-hybridized carbons (Fsp3) is 0.412. The number of aromatic nitrogens is 1. The molecule has 0 atom stereocenters. The van der Waals surface area contributed by atoms with Crippen LogP contribution in [-0.4, -0.2) is 17.4 Å². The molecule has 0 aliphatic heterocycles. The molecule has 2 aromatic rings. The first-order valence-corrected chi connectivity index (χ1v) is 7.79. The summed E-state index contributed by atoms with van der Waals surface area (Å²) in [5.41, 5.74) is 0.582. The Morgan fingerprint density at radius 2 is 1.95 bits per heavy atom. The zero-order valence-corrected chi connectivity index (χ0v) is 13.3. The maximum absolute atomic E-state index is 12.3. The van der Waals surface area contributed by atoms with Crippen molar-refractivity contribution in [1.82, 2.24) is 10.3 Å². The number of carbonyl (C=O) groups excluding carboxylic acids is 1. The van der Waals surface area contributed by atoms with Crippen LogP contribution in [0.4, 0.5) is 0 Å². The molecular weight excluding hydrogens is 284 g/mol. The van der Waals surface area contributed by atoms with Gasteiger partial charge in [-0.1, -0.05) is 62.6 Å². The number of unbranched alkanes of at least 4 members (excludes halogenated alkanes) is 1. The van der Waals surface area contributed by atoms with Crippen LogP contribution in [0.2, 0.25) is 5.15 Å². The van der Waals surface area contributed by atoms with E-state index in [9.17, 15) is 4.79 Å². The van der Waals surface area contributed by atoms with Gasteiger partial charge >= 0.3 is 0 Å². The van der Waals surface area contributed by atoms with E-state index in [0.29, 0.717) is 23.2 Å². The number of hydrogen-bond acceptors (Lipinski definition) is 2. The Kier molecular flexibility index (Phi) is 5.57. The minimum Gasteiger partial charge on any atom is -0.352 e. The van der Waals surface area contributed by atoms with E-state index >= 15 is 0 Å². The van der Waals surface area contributed by atoms with E-state index in [1.54, 1.807) is 6.20 Å². The Hall–Kier alpha value is -1.61. The highest BCUT2D eigenvalue weighted by molar-refractivity contribution is 6.34. The van der Waals surface area contributed by atoms with Gasteiger partial charge in [0.15, 0.2) is 0 Å². The first kappa shape index (κ1) is 15.8. The molecule has 1 heterocycles. The third-order valence-electron chi connectivity index (χ3n) is 3.48. The Bertz CT molecular complexity index is 625. The molecule has 0 saturated carbocycles. The molecule has 1 aromatic carbocycles. The number of hydrogen-bond donors (Lipinski definition) is 1. The van der Waals surface area contributed by atoms with Gasteiger partial charge in [-0.15, -0.1) is 0 Å². The molecule has 0 fully saturated rings. The fourth-order valence-electron chi connectivity index (χ4n) is 2.31. The highest BCUT2D eigenvalue weighted by atomic mass is 35.5. The molecule has 112 valence electrons. The summed E-state index contributed by atoms with van der Waals surface area (Å²) in [5, 5.41) is 5.05. The predicted octanol–water partition coefficient (Wildman–Crippen LogP) is 4.44. The monoisotopic (exact) mass is 304 g/mol. The van der Waals surface area contributed by atoms with Crippen LogP contribution in [0.1, 0.15) is 43.5 Å². The zero-order chi connectivity index (χ0) is 15.2. The van der Waals surface area contributed by atoms with Crippen molar-refractivity contribution < 1.29 is 4.79 Å². The van der Waals surface area contributed by atoms with Crippen molar-refractivity contribution >= 4 is 28.3 Å². The minimum absolute atomic E-state index is 0.0834. The SMILES string of the molecule is CC(C)CCCCNC(=O)c1cnc(Cl)c2ccccc12. The second-order valence-corrected chi connectivity index (χ2v) is 6.01. The average Bonchev–Trinajstić information content (AvgIpc) is 2.47. The molecule has 3 nitrogen and oxygen atoms in total. The van der Waals surface area contributed by atoms with Crippen molar-refractivity contribution in [2.75, 3.05) is 6.54 Å². The first-order valence-electron chi connectivity index (χ1n) is 7.41. The summed E-state index contributed by atoms with van der Waals surface area (Å²) in [6, 6.07) is 7.57. The van der Waals surface area contributed by atoms with Gasteiger partial charge in [-0.05, 0) is 17.7 Å². The van der Waals surface area contributed by atoms with Crippen LogP contribution in [0.15, 0.2) is 30.5 Å². The van der Waals surface area contributed by atoms with Gasteiger partial charge < -0.3 is 5.32 Å². The Labute approximate surface area is 130 Å². The number of fused-ring (bicyclic) bond motifs is 1. The lowest BCUT2D eigenvalue weighted by molar-refractivity contribution is 0.0954. The highest BCUT2D eigenvalue weighted by Gasteiger charge is 2.12. The van der Waals surface area contributed by atoms with E-state index < -0.39 is 0 Å². The van der Waals surface area contributed by atoms with E-state index in [4.69, 9.17) is 11.6 Å². The lowest BCUT2D eigenvalue weighted by Crippen LogP contribution is -2.24. The van der Waals surface area contributed by atoms with Gasteiger partial charge in [-0.3, -0.25) is 4.79 Å². The molecule has 0 bridgehead atoms. The second kappa shape index (κ2) is 7.41. The molecule has 0 saturated heterocycles. The molecule has 0 aliphatic rings. The highest BCUT2D eigenvalue weighted by Crippen LogP contribution is 2.24. The maximum Gasteiger partial charge on any atom is 0.253 e. The molecule has 0 aliphatic carbocycles. The molecule has 21 heavy (non-hydrogen) atoms. The van der Waals surface area contributed by atoms with E-state index in [1.807, 2.05) is 24.3 Å². The zero-order valence-electron chi connectivity index (χ0n) is 12.5. The molecule has 0 unspecified atom stereocenters. The van der Waals surface area contributed by atoms with Gasteiger partial charge in [0, 0.05) is 18.1 Å². The number of halogens is 1. The first-order chi connectivity index (χ1) is 10.1. The van der Waals surface area contributed by atoms with Gasteiger partial charge in [-0.25, -0.2) is 4.98 Å². The summed E-state index contributed by atoms with van der Waals surface area (Å²) in [5.74, 6) is 0.630. The number of benzene rings is 1. The minimum atomic E-state index is -0.0834. The molecule has 1 N–H and O–H groups in total. The molecule has 0 spiro atoms. The van der Waals surface area contributed by atoms with E-state index in [0.717, 1.165) is 23.6 Å². The number of amides is 1. The van der Waals surface area contributed by atoms with Crippen molar-refractivity contribution in [2.45, 2.75) is 33.1 Å². The molecule has 4 heteroatoms. The third-order valence-corrected chi connectivity index (χ3v) is 3.79. The van der Waals surface area contributed by atoms with Gasteiger partial charge in [0.1, 0.15) is 5.15 Å². The number of pyridine rings is 1. The van der Waals surface area contributed by atoms with Crippen LogP contribution in [0.5, 0.6) is 0 Å². The van der Waals surface area contributed by atoms with Crippen molar-refractivity contribution in [1.29, 1.82) is 0 Å². The quantitative estimate of drug-likeness (QED) is 0.633. The summed E-state index contributed by atoms with van der Waals surface area (Å²) in [4.78, 5) is 16.4. The fourth-order valence-corrected chi connectivity index (χ4v) is 2.53. The Morgan fingerprint density at radius 1 is 1.24 bits per heavy atom. The normalized spacial score (nSPS) is 11.0. The third kappa shape index (κ3) is 4.18. The molecule has 1 amide bonds.